The van der Waals surface area contributed by atoms with Gasteiger partial charge in [-0.15, -0.1) is 0 Å². The van der Waals surface area contributed by atoms with E-state index in [-0.39, 0.29) is 10.8 Å². The molecule has 0 aliphatic carbocycles. The van der Waals surface area contributed by atoms with Crippen molar-refractivity contribution in [3.8, 4) is 0 Å². The molecular formula is C18H16N2O3S. The van der Waals surface area contributed by atoms with Gasteiger partial charge in [0.15, 0.2) is 0 Å². The first-order chi connectivity index (χ1) is 11.4. The minimum atomic E-state index is -3.70. The van der Waals surface area contributed by atoms with Crippen molar-refractivity contribution in [2.75, 3.05) is 0 Å². The summed E-state index contributed by atoms with van der Waals surface area (Å²) in [5.41, 5.74) is 1.37. The zero-order valence-corrected chi connectivity index (χ0v) is 13.6. The average molecular weight is 340 g/mol. The van der Waals surface area contributed by atoms with Crippen molar-refractivity contribution in [1.29, 1.82) is 0 Å². The van der Waals surface area contributed by atoms with Gasteiger partial charge in [0.2, 0.25) is 10.0 Å². The highest BCUT2D eigenvalue weighted by Gasteiger charge is 2.08. The molecule has 0 saturated heterocycles. The summed E-state index contributed by atoms with van der Waals surface area (Å²) in [5, 5.41) is 9.95. The normalized spacial score (nSPS) is 11.4. The second-order valence-corrected chi connectivity index (χ2v) is 6.99. The van der Waals surface area contributed by atoms with Crippen LogP contribution in [0.25, 0.3) is 10.8 Å². The first-order valence-electron chi connectivity index (χ1n) is 7.32. The first kappa shape index (κ1) is 16.2. The molecule has 0 aliphatic heterocycles. The van der Waals surface area contributed by atoms with E-state index in [4.69, 9.17) is 5.14 Å². The minimum Gasteiger partial charge on any atom is -0.348 e. The molecule has 0 aliphatic rings. The van der Waals surface area contributed by atoms with Crippen LogP contribution in [0, 0.1) is 0 Å². The van der Waals surface area contributed by atoms with Gasteiger partial charge in [0.05, 0.1) is 4.90 Å². The minimum absolute atomic E-state index is 0.0482. The number of nitrogens with one attached hydrogen (secondary N) is 1. The predicted octanol–water partition coefficient (Wildman–Crippen LogP) is 2.42. The van der Waals surface area contributed by atoms with Crippen molar-refractivity contribution in [2.45, 2.75) is 11.4 Å². The van der Waals surface area contributed by atoms with Gasteiger partial charge >= 0.3 is 0 Å². The zero-order valence-electron chi connectivity index (χ0n) is 12.8. The van der Waals surface area contributed by atoms with E-state index in [9.17, 15) is 13.2 Å². The standard InChI is InChI=1S/C18H16N2O3S/c19-24(22,23)17-9-5-13(6-10-17)12-20-18(21)16-8-7-14-3-1-2-4-15(14)11-16/h1-11H,12H2,(H,20,21)(H2,19,22,23). The Morgan fingerprint density at radius 3 is 2.25 bits per heavy atom. The molecule has 0 bridgehead atoms. The molecule has 0 unspecified atom stereocenters. The van der Waals surface area contributed by atoms with E-state index in [1.807, 2.05) is 36.4 Å². The second-order valence-electron chi connectivity index (χ2n) is 5.43. The number of benzene rings is 3. The number of sulfonamides is 1. The molecule has 3 N–H and O–H groups in total. The average Bonchev–Trinajstić information content (AvgIpc) is 2.59. The Balaban J connectivity index is 1.70. The molecule has 0 fully saturated rings. The molecule has 24 heavy (non-hydrogen) atoms. The van der Waals surface area contributed by atoms with Crippen LogP contribution in [0.5, 0.6) is 0 Å². The number of carbonyl (C=O) groups excluding carboxylic acids is 1. The highest BCUT2D eigenvalue weighted by Crippen LogP contribution is 2.16. The summed E-state index contributed by atoms with van der Waals surface area (Å²) in [7, 11) is -3.70. The highest BCUT2D eigenvalue weighted by molar-refractivity contribution is 7.89. The van der Waals surface area contributed by atoms with Gasteiger partial charge in [-0.25, -0.2) is 13.6 Å². The Labute approximate surface area is 140 Å². The molecule has 1 amide bonds. The molecule has 6 heteroatoms. The van der Waals surface area contributed by atoms with Crippen LogP contribution in [-0.2, 0) is 16.6 Å². The van der Waals surface area contributed by atoms with Gasteiger partial charge in [-0.3, -0.25) is 4.79 Å². The number of fused-ring (bicyclic) bond motifs is 1. The van der Waals surface area contributed by atoms with Gasteiger partial charge in [0.1, 0.15) is 0 Å². The maximum absolute atomic E-state index is 12.3. The quantitative estimate of drug-likeness (QED) is 0.764. The fourth-order valence-electron chi connectivity index (χ4n) is 2.41. The summed E-state index contributed by atoms with van der Waals surface area (Å²) in [6.07, 6.45) is 0. The molecular weight excluding hydrogens is 324 g/mol. The Bertz CT molecular complexity index is 996. The second kappa shape index (κ2) is 6.43. The van der Waals surface area contributed by atoms with Crippen LogP contribution >= 0.6 is 0 Å². The predicted molar refractivity (Wildman–Crippen MR) is 92.9 cm³/mol. The number of hydrogen-bond acceptors (Lipinski definition) is 3. The number of rotatable bonds is 4. The molecule has 122 valence electrons. The number of nitrogens with two attached hydrogens (primary N) is 1. The SMILES string of the molecule is NS(=O)(=O)c1ccc(CNC(=O)c2ccc3ccccc3c2)cc1. The lowest BCUT2D eigenvalue weighted by molar-refractivity contribution is 0.0951. The maximum atomic E-state index is 12.3. The third kappa shape index (κ3) is 3.61. The van der Waals surface area contributed by atoms with Gasteiger partial charge in [0, 0.05) is 12.1 Å². The summed E-state index contributed by atoms with van der Waals surface area (Å²) in [4.78, 5) is 12.3. The lowest BCUT2D eigenvalue weighted by atomic mass is 10.1. The van der Waals surface area contributed by atoms with Crippen LogP contribution < -0.4 is 10.5 Å². The Hall–Kier alpha value is -2.70. The van der Waals surface area contributed by atoms with Crippen LogP contribution in [0.4, 0.5) is 0 Å². The van der Waals surface area contributed by atoms with E-state index >= 15 is 0 Å². The van der Waals surface area contributed by atoms with Crippen molar-refractivity contribution in [1.82, 2.24) is 5.32 Å². The van der Waals surface area contributed by atoms with Crippen molar-refractivity contribution < 1.29 is 13.2 Å². The monoisotopic (exact) mass is 340 g/mol. The van der Waals surface area contributed by atoms with Gasteiger partial charge in [0.25, 0.3) is 5.91 Å². The number of carbonyl (C=O) groups is 1. The van der Waals surface area contributed by atoms with E-state index in [2.05, 4.69) is 5.32 Å². The van der Waals surface area contributed by atoms with Gasteiger partial charge in [-0.1, -0.05) is 42.5 Å². The van der Waals surface area contributed by atoms with Crippen LogP contribution in [0.3, 0.4) is 0 Å². The highest BCUT2D eigenvalue weighted by atomic mass is 32.2. The number of amides is 1. The molecule has 0 radical (unpaired) electrons. The lowest BCUT2D eigenvalue weighted by Gasteiger charge is -2.07. The number of primary sulfonamides is 1. The van der Waals surface area contributed by atoms with Crippen LogP contribution in [0.15, 0.2) is 71.6 Å². The molecule has 3 rings (SSSR count). The molecule has 3 aromatic carbocycles. The Morgan fingerprint density at radius 1 is 0.917 bits per heavy atom. The molecule has 0 saturated carbocycles. The summed E-state index contributed by atoms with van der Waals surface area (Å²) < 4.78 is 22.4. The fourth-order valence-corrected chi connectivity index (χ4v) is 2.93. The summed E-state index contributed by atoms with van der Waals surface area (Å²) in [6, 6.07) is 19.5. The van der Waals surface area contributed by atoms with Crippen LogP contribution in [0.2, 0.25) is 0 Å². The molecule has 3 aromatic rings. The summed E-state index contributed by atoms with van der Waals surface area (Å²) in [5.74, 6) is -0.184. The van der Waals surface area contributed by atoms with Crippen LogP contribution in [-0.4, -0.2) is 14.3 Å². The first-order valence-corrected chi connectivity index (χ1v) is 8.87. The van der Waals surface area contributed by atoms with E-state index in [1.54, 1.807) is 18.2 Å². The zero-order chi connectivity index (χ0) is 17.2. The lowest BCUT2D eigenvalue weighted by Crippen LogP contribution is -2.22. The van der Waals surface area contributed by atoms with Crippen molar-refractivity contribution in [2.24, 2.45) is 5.14 Å². The van der Waals surface area contributed by atoms with Gasteiger partial charge < -0.3 is 5.32 Å². The van der Waals surface area contributed by atoms with Gasteiger partial charge in [-0.05, 0) is 40.6 Å². The fraction of sp³-hybridized carbons (Fsp3) is 0.0556. The van der Waals surface area contributed by atoms with Crippen LogP contribution in [0.1, 0.15) is 15.9 Å². The Morgan fingerprint density at radius 2 is 1.58 bits per heavy atom. The van der Waals surface area contributed by atoms with E-state index in [0.717, 1.165) is 16.3 Å². The summed E-state index contributed by atoms with van der Waals surface area (Å²) in [6.45, 7) is 0.302. The largest absolute Gasteiger partial charge is 0.348 e. The smallest absolute Gasteiger partial charge is 0.251 e. The van der Waals surface area contributed by atoms with E-state index < -0.39 is 10.0 Å². The molecule has 0 heterocycles. The van der Waals surface area contributed by atoms with Gasteiger partial charge in [-0.2, -0.15) is 0 Å². The topological polar surface area (TPSA) is 89.3 Å². The van der Waals surface area contributed by atoms with Crippen molar-refractivity contribution in [3.63, 3.8) is 0 Å². The number of hydrogen-bond donors (Lipinski definition) is 2. The molecule has 0 aromatic heterocycles. The Kier molecular flexibility index (Phi) is 4.33. The van der Waals surface area contributed by atoms with Crippen molar-refractivity contribution >= 4 is 26.7 Å². The molecule has 0 atom stereocenters. The van der Waals surface area contributed by atoms with Crippen molar-refractivity contribution in [3.05, 3.63) is 77.9 Å². The third-order valence-electron chi connectivity index (χ3n) is 3.72. The van der Waals surface area contributed by atoms with E-state index in [1.165, 1.54) is 12.1 Å². The molecule has 0 spiro atoms. The summed E-state index contributed by atoms with van der Waals surface area (Å²) >= 11 is 0. The maximum Gasteiger partial charge on any atom is 0.251 e. The molecule has 5 nitrogen and oxygen atoms in total. The third-order valence-corrected chi connectivity index (χ3v) is 4.65. The van der Waals surface area contributed by atoms with E-state index in [0.29, 0.717) is 12.1 Å².